The van der Waals surface area contributed by atoms with Gasteiger partial charge in [-0.15, -0.1) is 0 Å². The van der Waals surface area contributed by atoms with Crippen molar-refractivity contribution in [2.75, 3.05) is 5.32 Å². The normalized spacial score (nSPS) is 15.5. The van der Waals surface area contributed by atoms with Gasteiger partial charge in [0.1, 0.15) is 5.82 Å². The van der Waals surface area contributed by atoms with Crippen molar-refractivity contribution in [3.8, 4) is 5.69 Å². The molecular formula is C24H22ClN5O. The van der Waals surface area contributed by atoms with Gasteiger partial charge in [0.25, 0.3) is 5.91 Å². The quantitative estimate of drug-likeness (QED) is 0.482. The van der Waals surface area contributed by atoms with Gasteiger partial charge >= 0.3 is 0 Å². The number of aryl methyl sites for hydroxylation is 2. The van der Waals surface area contributed by atoms with Crippen LogP contribution in [0.4, 0.5) is 5.82 Å². The van der Waals surface area contributed by atoms with Gasteiger partial charge in [-0.1, -0.05) is 41.9 Å². The van der Waals surface area contributed by atoms with E-state index in [2.05, 4.69) is 39.8 Å². The number of anilines is 1. The molecule has 1 aliphatic rings. The number of hydrogen-bond acceptors (Lipinski definition) is 3. The van der Waals surface area contributed by atoms with E-state index in [4.69, 9.17) is 11.6 Å². The van der Waals surface area contributed by atoms with E-state index in [0.717, 1.165) is 30.5 Å². The molecule has 4 aromatic rings. The number of carbonyl (C=O) groups excluding carboxylic acids is 1. The summed E-state index contributed by atoms with van der Waals surface area (Å²) in [4.78, 5) is 13.0. The van der Waals surface area contributed by atoms with Gasteiger partial charge < -0.3 is 5.32 Å². The summed E-state index contributed by atoms with van der Waals surface area (Å²) in [6, 6.07) is 17.6. The summed E-state index contributed by atoms with van der Waals surface area (Å²) < 4.78 is 3.58. The molecule has 2 heterocycles. The molecule has 7 heteroatoms. The summed E-state index contributed by atoms with van der Waals surface area (Å²) in [6.07, 6.45) is 6.72. The highest BCUT2D eigenvalue weighted by molar-refractivity contribution is 6.30. The molecule has 1 unspecified atom stereocenters. The lowest BCUT2D eigenvalue weighted by atomic mass is 9.88. The Labute approximate surface area is 185 Å². The first-order valence-electron chi connectivity index (χ1n) is 10.3. The van der Waals surface area contributed by atoms with Crippen molar-refractivity contribution in [2.45, 2.75) is 32.2 Å². The minimum atomic E-state index is -0.269. The van der Waals surface area contributed by atoms with Gasteiger partial charge in [-0.2, -0.15) is 10.2 Å². The number of aromatic nitrogens is 4. The molecule has 1 amide bonds. The predicted octanol–water partition coefficient (Wildman–Crippen LogP) is 5.21. The third kappa shape index (κ3) is 3.75. The number of halogens is 1. The van der Waals surface area contributed by atoms with Crippen molar-refractivity contribution in [3.63, 3.8) is 0 Å². The Morgan fingerprint density at radius 1 is 1.16 bits per heavy atom. The summed E-state index contributed by atoms with van der Waals surface area (Å²) >= 11 is 6.07. The Bertz CT molecular complexity index is 1260. The van der Waals surface area contributed by atoms with Crippen molar-refractivity contribution in [1.82, 2.24) is 19.6 Å². The van der Waals surface area contributed by atoms with Gasteiger partial charge in [-0.3, -0.25) is 4.79 Å². The highest BCUT2D eigenvalue weighted by Gasteiger charge is 2.25. The summed E-state index contributed by atoms with van der Waals surface area (Å²) in [7, 11) is 0. The van der Waals surface area contributed by atoms with Crippen molar-refractivity contribution in [1.29, 1.82) is 0 Å². The fourth-order valence-electron chi connectivity index (χ4n) is 4.20. The number of amides is 1. The van der Waals surface area contributed by atoms with Gasteiger partial charge in [0.15, 0.2) is 5.69 Å². The molecule has 0 radical (unpaired) electrons. The molecule has 156 valence electrons. The van der Waals surface area contributed by atoms with Gasteiger partial charge in [-0.25, -0.2) is 9.36 Å². The van der Waals surface area contributed by atoms with Crippen molar-refractivity contribution in [2.24, 2.45) is 0 Å². The van der Waals surface area contributed by atoms with E-state index in [1.165, 1.54) is 11.1 Å². The zero-order valence-corrected chi connectivity index (χ0v) is 17.9. The second-order valence-electron chi connectivity index (χ2n) is 7.81. The molecule has 2 aromatic heterocycles. The van der Waals surface area contributed by atoms with Gasteiger partial charge in [0.05, 0.1) is 17.9 Å². The van der Waals surface area contributed by atoms with E-state index < -0.39 is 0 Å². The molecular weight excluding hydrogens is 410 g/mol. The Hall–Kier alpha value is -3.38. The van der Waals surface area contributed by atoms with Crippen LogP contribution in [0, 0.1) is 6.92 Å². The lowest BCUT2D eigenvalue weighted by Gasteiger charge is -2.27. The van der Waals surface area contributed by atoms with Gasteiger partial charge in [0.2, 0.25) is 0 Å². The van der Waals surface area contributed by atoms with Gasteiger partial charge in [-0.05, 0) is 61.6 Å². The standard InChI is InChI=1S/C24H22ClN5O/c1-16-15-26-30(22-11-4-7-17-6-2-3-10-20(17)22)23(16)27-24(31)21-12-13-29(28-21)19-9-5-8-18(25)14-19/h2-3,5-6,8-10,12-15,22H,4,7,11H2,1H3,(H,27,31). The predicted molar refractivity (Wildman–Crippen MR) is 121 cm³/mol. The van der Waals surface area contributed by atoms with E-state index >= 15 is 0 Å². The summed E-state index contributed by atoms with van der Waals surface area (Å²) in [5.41, 5.74) is 4.68. The Balaban J connectivity index is 1.42. The Kier molecular flexibility index (Phi) is 5.08. The van der Waals surface area contributed by atoms with Crippen LogP contribution in [0.2, 0.25) is 5.02 Å². The van der Waals surface area contributed by atoms with E-state index in [-0.39, 0.29) is 11.9 Å². The Morgan fingerprint density at radius 3 is 2.90 bits per heavy atom. The fourth-order valence-corrected chi connectivity index (χ4v) is 4.39. The molecule has 0 saturated heterocycles. The third-order valence-electron chi connectivity index (χ3n) is 5.74. The van der Waals surface area contributed by atoms with Crippen LogP contribution in [-0.4, -0.2) is 25.5 Å². The van der Waals surface area contributed by atoms with E-state index in [9.17, 15) is 4.79 Å². The lowest BCUT2D eigenvalue weighted by molar-refractivity contribution is 0.102. The maximum atomic E-state index is 13.0. The third-order valence-corrected chi connectivity index (χ3v) is 5.97. The minimum Gasteiger partial charge on any atom is -0.305 e. The molecule has 1 atom stereocenters. The van der Waals surface area contributed by atoms with Crippen molar-refractivity contribution in [3.05, 3.63) is 94.4 Å². The molecule has 1 N–H and O–H groups in total. The molecule has 2 aromatic carbocycles. The zero-order valence-electron chi connectivity index (χ0n) is 17.1. The van der Waals surface area contributed by atoms with Crippen LogP contribution in [0.3, 0.4) is 0 Å². The van der Waals surface area contributed by atoms with Crippen LogP contribution >= 0.6 is 11.6 Å². The molecule has 31 heavy (non-hydrogen) atoms. The highest BCUT2D eigenvalue weighted by Crippen LogP contribution is 2.35. The summed E-state index contributed by atoms with van der Waals surface area (Å²) in [5.74, 6) is 0.443. The maximum absolute atomic E-state index is 13.0. The first kappa shape index (κ1) is 19.6. The number of hydrogen-bond donors (Lipinski definition) is 1. The number of rotatable bonds is 4. The first-order chi connectivity index (χ1) is 15.1. The second-order valence-corrected chi connectivity index (χ2v) is 8.24. The van der Waals surface area contributed by atoms with Crippen LogP contribution in [0.1, 0.15) is 46.1 Å². The molecule has 0 spiro atoms. The van der Waals surface area contributed by atoms with E-state index in [1.807, 2.05) is 23.7 Å². The smallest absolute Gasteiger partial charge is 0.277 e. The average Bonchev–Trinajstić information content (AvgIpc) is 3.41. The number of benzene rings is 2. The zero-order chi connectivity index (χ0) is 21.4. The number of nitrogens with one attached hydrogen (secondary N) is 1. The average molecular weight is 432 g/mol. The number of carbonyl (C=O) groups is 1. The fraction of sp³-hybridized carbons (Fsp3) is 0.208. The monoisotopic (exact) mass is 431 g/mol. The number of fused-ring (bicyclic) bond motifs is 1. The molecule has 0 bridgehead atoms. The summed E-state index contributed by atoms with van der Waals surface area (Å²) in [6.45, 7) is 1.96. The van der Waals surface area contributed by atoms with Crippen LogP contribution in [-0.2, 0) is 6.42 Å². The minimum absolute atomic E-state index is 0.109. The van der Waals surface area contributed by atoms with Crippen molar-refractivity contribution >= 4 is 23.3 Å². The van der Waals surface area contributed by atoms with E-state index in [0.29, 0.717) is 16.5 Å². The molecule has 0 aliphatic heterocycles. The lowest BCUT2D eigenvalue weighted by Crippen LogP contribution is -2.23. The molecule has 1 aliphatic carbocycles. The SMILES string of the molecule is Cc1cnn(C2CCCc3ccccc32)c1NC(=O)c1ccn(-c2cccc(Cl)c2)n1. The van der Waals surface area contributed by atoms with Crippen LogP contribution in [0.15, 0.2) is 67.0 Å². The topological polar surface area (TPSA) is 64.7 Å². The molecule has 0 fully saturated rings. The van der Waals surface area contributed by atoms with Gasteiger partial charge in [0, 0.05) is 16.8 Å². The second kappa shape index (κ2) is 8.04. The number of nitrogens with zero attached hydrogens (tertiary/aromatic N) is 4. The molecule has 5 rings (SSSR count). The van der Waals surface area contributed by atoms with Crippen LogP contribution in [0.5, 0.6) is 0 Å². The molecule has 6 nitrogen and oxygen atoms in total. The first-order valence-corrected chi connectivity index (χ1v) is 10.7. The van der Waals surface area contributed by atoms with Crippen LogP contribution in [0.25, 0.3) is 5.69 Å². The largest absolute Gasteiger partial charge is 0.305 e. The van der Waals surface area contributed by atoms with E-state index in [1.54, 1.807) is 35.3 Å². The maximum Gasteiger partial charge on any atom is 0.277 e. The summed E-state index contributed by atoms with van der Waals surface area (Å²) in [5, 5.41) is 12.7. The van der Waals surface area contributed by atoms with Crippen LogP contribution < -0.4 is 5.32 Å². The van der Waals surface area contributed by atoms with Crippen molar-refractivity contribution < 1.29 is 4.79 Å². The molecule has 0 saturated carbocycles. The highest BCUT2D eigenvalue weighted by atomic mass is 35.5. The Morgan fingerprint density at radius 2 is 2.03 bits per heavy atom.